The number of nitro groups is 1. The summed E-state index contributed by atoms with van der Waals surface area (Å²) < 4.78 is 13.3. The third-order valence-corrected chi connectivity index (χ3v) is 2.12. The van der Waals surface area contributed by atoms with Gasteiger partial charge in [0.2, 0.25) is 0 Å². The molecule has 0 aliphatic heterocycles. The van der Waals surface area contributed by atoms with Gasteiger partial charge >= 0.3 is 5.97 Å². The largest absolute Gasteiger partial charge is 0.480 e. The van der Waals surface area contributed by atoms with Crippen LogP contribution in [0.25, 0.3) is 0 Å². The highest BCUT2D eigenvalue weighted by Gasteiger charge is 2.20. The van der Waals surface area contributed by atoms with Crippen molar-refractivity contribution < 1.29 is 24.0 Å². The number of hydrogen-bond donors (Lipinski definition) is 2. The Morgan fingerprint density at radius 3 is 2.61 bits per heavy atom. The number of hydrogen-bond acceptors (Lipinski definition) is 4. The second kappa shape index (κ2) is 5.21. The Bertz CT molecular complexity index is 517. The van der Waals surface area contributed by atoms with Gasteiger partial charge in [0.15, 0.2) is 0 Å². The lowest BCUT2D eigenvalue weighted by Crippen LogP contribution is -2.38. The molecule has 1 rings (SSSR count). The fourth-order valence-corrected chi connectivity index (χ4v) is 1.14. The lowest BCUT2D eigenvalue weighted by atomic mass is 10.1. The second-order valence-electron chi connectivity index (χ2n) is 3.45. The molecule has 0 saturated heterocycles. The van der Waals surface area contributed by atoms with Crippen molar-refractivity contribution >= 4 is 17.6 Å². The minimum atomic E-state index is -1.30. The first kappa shape index (κ1) is 13.6. The minimum Gasteiger partial charge on any atom is -0.480 e. The molecule has 0 fully saturated rings. The molecule has 1 amide bonds. The van der Waals surface area contributed by atoms with Crippen molar-refractivity contribution in [2.45, 2.75) is 13.0 Å². The van der Waals surface area contributed by atoms with Crippen LogP contribution in [0.1, 0.15) is 17.3 Å². The Labute approximate surface area is 100 Å². The second-order valence-corrected chi connectivity index (χ2v) is 3.45. The molecule has 7 nitrogen and oxygen atoms in total. The van der Waals surface area contributed by atoms with Crippen molar-refractivity contribution in [3.05, 3.63) is 39.7 Å². The number of nitrogens with one attached hydrogen (secondary N) is 1. The van der Waals surface area contributed by atoms with Gasteiger partial charge in [0.1, 0.15) is 11.9 Å². The van der Waals surface area contributed by atoms with E-state index >= 15 is 0 Å². The number of carbonyl (C=O) groups excluding carboxylic acids is 1. The number of halogens is 1. The Balaban J connectivity index is 3.01. The highest BCUT2D eigenvalue weighted by molar-refractivity contribution is 5.97. The zero-order valence-corrected chi connectivity index (χ0v) is 9.21. The van der Waals surface area contributed by atoms with Crippen LogP contribution in [0.5, 0.6) is 0 Å². The van der Waals surface area contributed by atoms with Crippen LogP contribution >= 0.6 is 0 Å². The number of carboxylic acids is 1. The molecular weight excluding hydrogens is 247 g/mol. The van der Waals surface area contributed by atoms with Crippen LogP contribution in [-0.2, 0) is 4.79 Å². The van der Waals surface area contributed by atoms with Gasteiger partial charge in [-0.2, -0.15) is 0 Å². The van der Waals surface area contributed by atoms with E-state index in [1.165, 1.54) is 6.92 Å². The molecule has 0 heterocycles. The summed E-state index contributed by atoms with van der Waals surface area (Å²) in [6.07, 6.45) is 0. The summed E-state index contributed by atoms with van der Waals surface area (Å²) in [4.78, 5) is 31.7. The van der Waals surface area contributed by atoms with Gasteiger partial charge in [-0.1, -0.05) is 0 Å². The minimum absolute atomic E-state index is 0.454. The number of carboxylic acid groups (broad SMARTS) is 1. The first-order valence-electron chi connectivity index (χ1n) is 4.80. The molecule has 0 radical (unpaired) electrons. The summed E-state index contributed by atoms with van der Waals surface area (Å²) in [7, 11) is 0. The summed E-state index contributed by atoms with van der Waals surface area (Å²) in [5, 5.41) is 21.0. The van der Waals surface area contributed by atoms with Gasteiger partial charge in [-0.25, -0.2) is 4.39 Å². The standard InChI is InChI=1S/C10H9FN2O5/c1-5(10(15)16)12-9(14)7-4-6(13(17)18)2-3-8(7)11/h2-5H,1H3,(H,12,14)(H,15,16)/t5-/m1/s1. The Hall–Kier alpha value is -2.51. The first-order valence-corrected chi connectivity index (χ1v) is 4.80. The fraction of sp³-hybridized carbons (Fsp3) is 0.200. The smallest absolute Gasteiger partial charge is 0.325 e. The van der Waals surface area contributed by atoms with Crippen LogP contribution in [0, 0.1) is 15.9 Å². The Morgan fingerprint density at radius 1 is 1.50 bits per heavy atom. The SMILES string of the molecule is C[C@@H](NC(=O)c1cc([N+](=O)[O-])ccc1F)C(=O)O. The van der Waals surface area contributed by atoms with E-state index < -0.39 is 39.9 Å². The van der Waals surface area contributed by atoms with Crippen molar-refractivity contribution in [3.8, 4) is 0 Å². The molecule has 0 spiro atoms. The van der Waals surface area contributed by atoms with Crippen molar-refractivity contribution in [1.82, 2.24) is 5.32 Å². The number of rotatable bonds is 4. The monoisotopic (exact) mass is 256 g/mol. The summed E-state index contributed by atoms with van der Waals surface area (Å²) in [5.74, 6) is -3.28. The van der Waals surface area contributed by atoms with Crippen LogP contribution in [-0.4, -0.2) is 27.9 Å². The number of carbonyl (C=O) groups is 2. The molecule has 1 aromatic carbocycles. The van der Waals surface area contributed by atoms with E-state index in [0.717, 1.165) is 18.2 Å². The van der Waals surface area contributed by atoms with Crippen LogP contribution in [0.4, 0.5) is 10.1 Å². The summed E-state index contributed by atoms with van der Waals surface area (Å²) in [6, 6.07) is 1.21. The lowest BCUT2D eigenvalue weighted by molar-refractivity contribution is -0.384. The van der Waals surface area contributed by atoms with Gasteiger partial charge in [-0.05, 0) is 13.0 Å². The van der Waals surface area contributed by atoms with E-state index in [1.54, 1.807) is 0 Å². The van der Waals surface area contributed by atoms with Crippen molar-refractivity contribution in [1.29, 1.82) is 0 Å². The molecule has 0 bridgehead atoms. The lowest BCUT2D eigenvalue weighted by Gasteiger charge is -2.09. The highest BCUT2D eigenvalue weighted by atomic mass is 19.1. The van der Waals surface area contributed by atoms with Gasteiger partial charge in [-0.3, -0.25) is 19.7 Å². The van der Waals surface area contributed by atoms with E-state index in [2.05, 4.69) is 0 Å². The predicted molar refractivity (Wildman–Crippen MR) is 57.6 cm³/mol. The quantitative estimate of drug-likeness (QED) is 0.615. The first-order chi connectivity index (χ1) is 8.32. The molecule has 2 N–H and O–H groups in total. The number of amides is 1. The summed E-state index contributed by atoms with van der Waals surface area (Å²) in [5.41, 5.74) is -1.03. The molecule has 96 valence electrons. The van der Waals surface area contributed by atoms with Gasteiger partial charge in [-0.15, -0.1) is 0 Å². The van der Waals surface area contributed by atoms with Crippen LogP contribution in [0.3, 0.4) is 0 Å². The van der Waals surface area contributed by atoms with E-state index in [-0.39, 0.29) is 0 Å². The molecule has 0 saturated carbocycles. The fourth-order valence-electron chi connectivity index (χ4n) is 1.14. The van der Waals surface area contributed by atoms with Crippen molar-refractivity contribution in [3.63, 3.8) is 0 Å². The molecule has 0 unspecified atom stereocenters. The topological polar surface area (TPSA) is 110 Å². The number of benzene rings is 1. The van der Waals surface area contributed by atoms with Gasteiger partial charge in [0, 0.05) is 12.1 Å². The Kier molecular flexibility index (Phi) is 3.93. The van der Waals surface area contributed by atoms with Crippen LogP contribution in [0.15, 0.2) is 18.2 Å². The zero-order chi connectivity index (χ0) is 13.9. The maximum absolute atomic E-state index is 13.3. The third-order valence-electron chi connectivity index (χ3n) is 2.12. The summed E-state index contributed by atoms with van der Waals surface area (Å²) >= 11 is 0. The van der Waals surface area contributed by atoms with Gasteiger partial charge in [0.25, 0.3) is 11.6 Å². The van der Waals surface area contributed by atoms with Crippen molar-refractivity contribution in [2.24, 2.45) is 0 Å². The maximum atomic E-state index is 13.3. The average molecular weight is 256 g/mol. The van der Waals surface area contributed by atoms with E-state index in [0.29, 0.717) is 0 Å². The molecule has 1 aromatic rings. The van der Waals surface area contributed by atoms with Gasteiger partial charge in [0.05, 0.1) is 10.5 Å². The van der Waals surface area contributed by atoms with Crippen molar-refractivity contribution in [2.75, 3.05) is 0 Å². The summed E-state index contributed by atoms with van der Waals surface area (Å²) in [6.45, 7) is 1.19. The van der Waals surface area contributed by atoms with Gasteiger partial charge < -0.3 is 10.4 Å². The highest BCUT2D eigenvalue weighted by Crippen LogP contribution is 2.16. The molecule has 1 atom stereocenters. The van der Waals surface area contributed by atoms with Crippen LogP contribution in [0.2, 0.25) is 0 Å². The van der Waals surface area contributed by atoms with E-state index in [9.17, 15) is 24.1 Å². The number of aliphatic carboxylic acids is 1. The van der Waals surface area contributed by atoms with E-state index in [4.69, 9.17) is 5.11 Å². The normalized spacial score (nSPS) is 11.7. The molecule has 0 aliphatic rings. The molecule has 8 heteroatoms. The zero-order valence-electron chi connectivity index (χ0n) is 9.21. The predicted octanol–water partition coefficient (Wildman–Crippen LogP) is 0.937. The Morgan fingerprint density at radius 2 is 2.11 bits per heavy atom. The average Bonchev–Trinajstić information content (AvgIpc) is 2.28. The number of nitrogens with zero attached hydrogens (tertiary/aromatic N) is 1. The maximum Gasteiger partial charge on any atom is 0.325 e. The molecule has 18 heavy (non-hydrogen) atoms. The third kappa shape index (κ3) is 3.00. The molecular formula is C10H9FN2O5. The van der Waals surface area contributed by atoms with Crippen LogP contribution < -0.4 is 5.32 Å². The van der Waals surface area contributed by atoms with E-state index in [1.807, 2.05) is 5.32 Å². The number of non-ortho nitro benzene ring substituents is 1. The molecule has 0 aromatic heterocycles. The molecule has 0 aliphatic carbocycles. The number of nitro benzene ring substituents is 1.